The van der Waals surface area contributed by atoms with Crippen LogP contribution in [0.5, 0.6) is 0 Å². The lowest BCUT2D eigenvalue weighted by atomic mass is 10.3. The van der Waals surface area contributed by atoms with Crippen LogP contribution >= 0.6 is 11.5 Å². The highest BCUT2D eigenvalue weighted by Crippen LogP contribution is 2.15. The van der Waals surface area contributed by atoms with E-state index in [-0.39, 0.29) is 0 Å². The molecule has 0 amide bonds. The lowest BCUT2D eigenvalue weighted by Crippen LogP contribution is -2.11. The van der Waals surface area contributed by atoms with Crippen LogP contribution in [0, 0.1) is 5.41 Å². The molecule has 0 saturated heterocycles. The number of hydrogen-bond acceptors (Lipinski definition) is 2. The fourth-order valence-electron chi connectivity index (χ4n) is 1.26. The van der Waals surface area contributed by atoms with Crippen molar-refractivity contribution in [3.63, 3.8) is 0 Å². The van der Waals surface area contributed by atoms with Crippen LogP contribution in [0.25, 0.3) is 10.1 Å². The molecule has 0 aliphatic heterocycles. The summed E-state index contributed by atoms with van der Waals surface area (Å²) >= 11 is 1.65. The quantitative estimate of drug-likeness (QED) is 0.693. The number of nitrogens with one attached hydrogen (secondary N) is 1. The molecule has 1 aromatic heterocycles. The molecule has 1 aromatic carbocycles. The molecule has 1 heterocycles. The van der Waals surface area contributed by atoms with Gasteiger partial charge in [-0.05, 0) is 19.1 Å². The predicted octanol–water partition coefficient (Wildman–Crippen LogP) is 2.20. The molecule has 0 unspecified atom stereocenters. The van der Waals surface area contributed by atoms with E-state index in [9.17, 15) is 0 Å². The summed E-state index contributed by atoms with van der Waals surface area (Å²) in [6.45, 7) is 2.95. The average molecular weight is 178 g/mol. The number of benzene rings is 1. The van der Waals surface area contributed by atoms with Gasteiger partial charge in [-0.25, -0.2) is 0 Å². The normalized spacial score (nSPS) is 10.8. The summed E-state index contributed by atoms with van der Waals surface area (Å²) in [4.78, 5) is 0. The number of aryl methyl sites for hydroxylation is 1. The van der Waals surface area contributed by atoms with Crippen LogP contribution < -0.4 is 5.49 Å². The fraction of sp³-hybridized carbons (Fsp3) is 0.222. The van der Waals surface area contributed by atoms with Crippen LogP contribution in [0.1, 0.15) is 6.92 Å². The van der Waals surface area contributed by atoms with Crippen molar-refractivity contribution in [2.75, 3.05) is 0 Å². The van der Waals surface area contributed by atoms with Gasteiger partial charge in [0.05, 0.1) is 4.70 Å². The number of nitrogens with zero attached hydrogens (tertiary/aromatic N) is 1. The van der Waals surface area contributed by atoms with Crippen molar-refractivity contribution >= 4 is 21.6 Å². The molecule has 0 bridgehead atoms. The van der Waals surface area contributed by atoms with Gasteiger partial charge in [0.2, 0.25) is 0 Å². The molecule has 62 valence electrons. The Morgan fingerprint density at radius 2 is 2.17 bits per heavy atom. The van der Waals surface area contributed by atoms with E-state index in [2.05, 4.69) is 13.0 Å². The summed E-state index contributed by atoms with van der Waals surface area (Å²) in [7, 11) is 0. The Morgan fingerprint density at radius 1 is 1.42 bits per heavy atom. The van der Waals surface area contributed by atoms with Gasteiger partial charge in [0.15, 0.2) is 0 Å². The largest absolute Gasteiger partial charge is 0.283 e. The van der Waals surface area contributed by atoms with E-state index in [4.69, 9.17) is 5.41 Å². The molecular formula is C9H10N2S. The van der Waals surface area contributed by atoms with Crippen molar-refractivity contribution in [2.45, 2.75) is 13.5 Å². The lowest BCUT2D eigenvalue weighted by molar-refractivity contribution is 0.787. The van der Waals surface area contributed by atoms with Gasteiger partial charge in [0, 0.05) is 11.9 Å². The van der Waals surface area contributed by atoms with Gasteiger partial charge in [-0.2, -0.15) is 0 Å². The molecule has 0 atom stereocenters. The van der Waals surface area contributed by atoms with Crippen LogP contribution in [0.2, 0.25) is 0 Å². The minimum absolute atomic E-state index is 0.637. The van der Waals surface area contributed by atoms with Gasteiger partial charge in [-0.1, -0.05) is 23.7 Å². The Bertz CT molecular complexity index is 453. The van der Waals surface area contributed by atoms with E-state index in [1.54, 1.807) is 11.5 Å². The minimum atomic E-state index is 0.637. The molecule has 0 aliphatic carbocycles. The summed E-state index contributed by atoms with van der Waals surface area (Å²) in [5.41, 5.74) is 0.637. The van der Waals surface area contributed by atoms with Crippen molar-refractivity contribution < 1.29 is 0 Å². The van der Waals surface area contributed by atoms with Crippen molar-refractivity contribution in [3.05, 3.63) is 29.8 Å². The highest BCUT2D eigenvalue weighted by atomic mass is 32.1. The van der Waals surface area contributed by atoms with Crippen molar-refractivity contribution in [1.29, 1.82) is 5.41 Å². The van der Waals surface area contributed by atoms with Crippen molar-refractivity contribution in [1.82, 2.24) is 3.96 Å². The maximum Gasteiger partial charge on any atom is 0.143 e. The summed E-state index contributed by atoms with van der Waals surface area (Å²) < 4.78 is 3.19. The van der Waals surface area contributed by atoms with Crippen molar-refractivity contribution in [3.8, 4) is 0 Å². The number of fused-ring (bicyclic) bond motifs is 1. The molecule has 0 aliphatic rings. The second-order valence-electron chi connectivity index (χ2n) is 2.63. The molecule has 0 fully saturated rings. The van der Waals surface area contributed by atoms with Gasteiger partial charge in [0.25, 0.3) is 0 Å². The van der Waals surface area contributed by atoms with E-state index in [1.165, 1.54) is 4.70 Å². The van der Waals surface area contributed by atoms with Gasteiger partial charge < -0.3 is 0 Å². The Balaban J connectivity index is 2.88. The number of aromatic nitrogens is 1. The zero-order valence-corrected chi connectivity index (χ0v) is 7.69. The second kappa shape index (κ2) is 2.75. The number of hydrogen-bond donors (Lipinski definition) is 1. The topological polar surface area (TPSA) is 28.8 Å². The third kappa shape index (κ3) is 0.975. The Kier molecular flexibility index (Phi) is 1.73. The first kappa shape index (κ1) is 7.55. The predicted molar refractivity (Wildman–Crippen MR) is 51.3 cm³/mol. The molecule has 2 rings (SSSR count). The van der Waals surface area contributed by atoms with E-state index < -0.39 is 0 Å². The molecule has 0 radical (unpaired) electrons. The average Bonchev–Trinajstić information content (AvgIpc) is 2.44. The molecule has 12 heavy (non-hydrogen) atoms. The maximum absolute atomic E-state index is 7.79. The summed E-state index contributed by atoms with van der Waals surface area (Å²) in [5, 5.41) is 8.85. The molecule has 2 nitrogen and oxygen atoms in total. The Labute approximate surface area is 74.7 Å². The van der Waals surface area contributed by atoms with Gasteiger partial charge >= 0.3 is 0 Å². The lowest BCUT2D eigenvalue weighted by Gasteiger charge is -1.89. The van der Waals surface area contributed by atoms with Crippen LogP contribution in [-0.4, -0.2) is 3.96 Å². The van der Waals surface area contributed by atoms with Crippen LogP contribution in [0.15, 0.2) is 24.3 Å². The molecule has 0 saturated carbocycles. The molecule has 3 heteroatoms. The first-order valence-electron chi connectivity index (χ1n) is 3.96. The molecule has 2 aromatic rings. The highest BCUT2D eigenvalue weighted by molar-refractivity contribution is 7.13. The van der Waals surface area contributed by atoms with E-state index in [0.29, 0.717) is 5.49 Å². The van der Waals surface area contributed by atoms with Crippen LogP contribution in [0.3, 0.4) is 0 Å². The second-order valence-corrected chi connectivity index (χ2v) is 3.69. The minimum Gasteiger partial charge on any atom is -0.283 e. The number of rotatable bonds is 1. The van der Waals surface area contributed by atoms with Gasteiger partial charge in [-0.3, -0.25) is 9.37 Å². The SMILES string of the molecule is CCn1sc2ccccc2c1=N. The standard InChI is InChI=1S/C9H10N2S/c1-2-11-9(10)7-5-3-4-6-8(7)12-11/h3-6,10H,2H2,1H3. The van der Waals surface area contributed by atoms with Gasteiger partial charge in [0.1, 0.15) is 5.49 Å². The van der Waals surface area contributed by atoms with Crippen molar-refractivity contribution in [2.24, 2.45) is 0 Å². The highest BCUT2D eigenvalue weighted by Gasteiger charge is 2.00. The molecule has 1 N–H and O–H groups in total. The van der Waals surface area contributed by atoms with Crippen LogP contribution in [0.4, 0.5) is 0 Å². The smallest absolute Gasteiger partial charge is 0.143 e. The summed E-state index contributed by atoms with van der Waals surface area (Å²) in [6, 6.07) is 8.05. The summed E-state index contributed by atoms with van der Waals surface area (Å²) in [6.07, 6.45) is 0. The monoisotopic (exact) mass is 178 g/mol. The van der Waals surface area contributed by atoms with Gasteiger partial charge in [-0.15, -0.1) is 0 Å². The Morgan fingerprint density at radius 3 is 2.83 bits per heavy atom. The van der Waals surface area contributed by atoms with Crippen LogP contribution in [-0.2, 0) is 6.54 Å². The summed E-state index contributed by atoms with van der Waals surface area (Å²) in [5.74, 6) is 0. The first-order valence-corrected chi connectivity index (χ1v) is 4.73. The third-order valence-electron chi connectivity index (χ3n) is 1.89. The zero-order chi connectivity index (χ0) is 8.55. The fourth-order valence-corrected chi connectivity index (χ4v) is 2.22. The first-order chi connectivity index (χ1) is 5.83. The molecule has 0 spiro atoms. The van der Waals surface area contributed by atoms with E-state index >= 15 is 0 Å². The molecular weight excluding hydrogens is 168 g/mol. The van der Waals surface area contributed by atoms with E-state index in [0.717, 1.165) is 11.9 Å². The maximum atomic E-state index is 7.79. The Hall–Kier alpha value is -1.09. The zero-order valence-electron chi connectivity index (χ0n) is 6.87. The van der Waals surface area contributed by atoms with E-state index in [1.807, 2.05) is 22.2 Å². The third-order valence-corrected chi connectivity index (χ3v) is 3.10.